The third kappa shape index (κ3) is 2.32. The molecule has 7 nitrogen and oxygen atoms in total. The quantitative estimate of drug-likeness (QED) is 0.561. The van der Waals surface area contributed by atoms with E-state index in [9.17, 15) is 9.90 Å². The maximum Gasteiger partial charge on any atom is 0.163 e. The summed E-state index contributed by atoms with van der Waals surface area (Å²) in [6.45, 7) is -0.294. The maximum absolute atomic E-state index is 11.2. The van der Waals surface area contributed by atoms with Crippen molar-refractivity contribution in [2.24, 2.45) is 0 Å². The number of hydrogen-bond donors (Lipinski definition) is 0. The van der Waals surface area contributed by atoms with Crippen LogP contribution in [0.15, 0.2) is 36.4 Å². The molecule has 25 heavy (non-hydrogen) atoms. The number of methoxy groups -OCH3 is 2. The van der Waals surface area contributed by atoms with Crippen LogP contribution in [-0.4, -0.2) is 34.7 Å². The molecule has 0 radical (unpaired) electrons. The van der Waals surface area contributed by atoms with Gasteiger partial charge in [-0.3, -0.25) is 0 Å². The first-order chi connectivity index (χ1) is 12.1. The van der Waals surface area contributed by atoms with Gasteiger partial charge < -0.3 is 23.9 Å². The van der Waals surface area contributed by atoms with Gasteiger partial charge in [0.2, 0.25) is 0 Å². The number of carboxylic acid groups (broad SMARTS) is 1. The van der Waals surface area contributed by atoms with Crippen LogP contribution in [0.1, 0.15) is 0 Å². The number of benzene rings is 2. The molecule has 0 N–H and O–H groups in total. The van der Waals surface area contributed by atoms with E-state index in [1.54, 1.807) is 30.9 Å². The van der Waals surface area contributed by atoms with Crippen molar-refractivity contribution in [3.05, 3.63) is 36.4 Å². The lowest BCUT2D eigenvalue weighted by Crippen LogP contribution is -2.27. The summed E-state index contributed by atoms with van der Waals surface area (Å²) in [5.74, 6) is -0.0924. The molecular formula is C18H14N3O4-. The standard InChI is InChI=1S/C18H15N3O4/c1-24-14-7-11-12(8-15(14)25-2)20-18-17(19-11)10-5-3-4-6-13(10)21(18)9-16(22)23/h3-8H,9H2,1-2H3,(H,22,23)/p-1. The number of aromatic nitrogens is 3. The molecule has 2 heterocycles. The molecule has 0 fully saturated rings. The van der Waals surface area contributed by atoms with Gasteiger partial charge in [-0.1, -0.05) is 18.2 Å². The van der Waals surface area contributed by atoms with Gasteiger partial charge in [0.15, 0.2) is 17.1 Å². The topological polar surface area (TPSA) is 89.3 Å². The Balaban J connectivity index is 2.12. The highest BCUT2D eigenvalue weighted by atomic mass is 16.5. The summed E-state index contributed by atoms with van der Waals surface area (Å²) in [5.41, 5.74) is 3.10. The number of carbonyl (C=O) groups excluding carboxylic acids is 1. The van der Waals surface area contributed by atoms with Crippen LogP contribution in [0.4, 0.5) is 0 Å². The molecule has 2 aromatic carbocycles. The fourth-order valence-electron chi connectivity index (χ4n) is 3.06. The average Bonchev–Trinajstić information content (AvgIpc) is 2.91. The van der Waals surface area contributed by atoms with Crippen molar-refractivity contribution < 1.29 is 19.4 Å². The Kier molecular flexibility index (Phi) is 3.42. The molecule has 4 aromatic rings. The lowest BCUT2D eigenvalue weighted by Gasteiger charge is -2.10. The van der Waals surface area contributed by atoms with Crippen molar-refractivity contribution in [3.63, 3.8) is 0 Å². The van der Waals surface area contributed by atoms with Crippen LogP contribution in [0.5, 0.6) is 11.5 Å². The predicted octanol–water partition coefficient (Wildman–Crippen LogP) is 1.50. The lowest BCUT2D eigenvalue weighted by molar-refractivity contribution is -0.306. The number of ether oxygens (including phenoxy) is 2. The number of carbonyl (C=O) groups is 1. The molecule has 126 valence electrons. The Morgan fingerprint density at radius 3 is 2.36 bits per heavy atom. The van der Waals surface area contributed by atoms with Gasteiger partial charge >= 0.3 is 0 Å². The van der Waals surface area contributed by atoms with Crippen LogP contribution in [0.2, 0.25) is 0 Å². The van der Waals surface area contributed by atoms with E-state index in [1.807, 2.05) is 24.3 Å². The van der Waals surface area contributed by atoms with Gasteiger partial charge in [-0.2, -0.15) is 0 Å². The largest absolute Gasteiger partial charge is 0.548 e. The summed E-state index contributed by atoms with van der Waals surface area (Å²) in [7, 11) is 3.10. The van der Waals surface area contributed by atoms with E-state index in [2.05, 4.69) is 9.97 Å². The molecule has 2 aromatic heterocycles. The average molecular weight is 336 g/mol. The minimum absolute atomic E-state index is 0.294. The van der Waals surface area contributed by atoms with Crippen LogP contribution in [0.3, 0.4) is 0 Å². The molecule has 4 rings (SSSR count). The summed E-state index contributed by atoms with van der Waals surface area (Å²) >= 11 is 0. The first kappa shape index (κ1) is 15.2. The highest BCUT2D eigenvalue weighted by Gasteiger charge is 2.16. The zero-order valence-electron chi connectivity index (χ0n) is 13.6. The van der Waals surface area contributed by atoms with Crippen LogP contribution in [0, 0.1) is 0 Å². The minimum Gasteiger partial charge on any atom is -0.548 e. The second kappa shape index (κ2) is 5.62. The number of para-hydroxylation sites is 1. The number of fused-ring (bicyclic) bond motifs is 4. The second-order valence-electron chi connectivity index (χ2n) is 5.57. The minimum atomic E-state index is -1.18. The van der Waals surface area contributed by atoms with Crippen molar-refractivity contribution in [1.82, 2.24) is 14.5 Å². The number of nitrogens with zero attached hydrogens (tertiary/aromatic N) is 3. The van der Waals surface area contributed by atoms with Gasteiger partial charge in [-0.25, -0.2) is 9.97 Å². The monoisotopic (exact) mass is 336 g/mol. The lowest BCUT2D eigenvalue weighted by atomic mass is 10.2. The van der Waals surface area contributed by atoms with E-state index in [-0.39, 0.29) is 6.54 Å². The first-order valence-electron chi connectivity index (χ1n) is 7.63. The molecule has 0 bridgehead atoms. The Morgan fingerprint density at radius 2 is 1.72 bits per heavy atom. The summed E-state index contributed by atoms with van der Waals surface area (Å²) < 4.78 is 12.2. The summed E-state index contributed by atoms with van der Waals surface area (Å²) in [4.78, 5) is 20.5. The highest BCUT2D eigenvalue weighted by Crippen LogP contribution is 2.33. The van der Waals surface area contributed by atoms with E-state index in [0.29, 0.717) is 33.7 Å². The number of aliphatic carboxylic acids is 1. The molecule has 0 saturated heterocycles. The molecule has 0 spiro atoms. The number of rotatable bonds is 4. The summed E-state index contributed by atoms with van der Waals surface area (Å²) in [6.07, 6.45) is 0. The van der Waals surface area contributed by atoms with E-state index < -0.39 is 5.97 Å². The molecule has 0 aliphatic carbocycles. The molecule has 0 unspecified atom stereocenters. The van der Waals surface area contributed by atoms with Gasteiger partial charge in [0.05, 0.1) is 43.3 Å². The zero-order valence-corrected chi connectivity index (χ0v) is 13.6. The van der Waals surface area contributed by atoms with Crippen molar-refractivity contribution in [1.29, 1.82) is 0 Å². The van der Waals surface area contributed by atoms with Crippen molar-refractivity contribution >= 4 is 39.1 Å². The summed E-state index contributed by atoms with van der Waals surface area (Å²) in [6, 6.07) is 10.9. The van der Waals surface area contributed by atoms with Crippen molar-refractivity contribution in [2.75, 3.05) is 14.2 Å². The summed E-state index contributed by atoms with van der Waals surface area (Å²) in [5, 5.41) is 12.0. The molecule has 0 amide bonds. The van der Waals surface area contributed by atoms with Gasteiger partial charge in [0, 0.05) is 17.5 Å². The molecule has 0 aliphatic rings. The Hall–Kier alpha value is -3.35. The van der Waals surface area contributed by atoms with Crippen LogP contribution in [0.25, 0.3) is 33.1 Å². The van der Waals surface area contributed by atoms with Gasteiger partial charge in [0.25, 0.3) is 0 Å². The third-order valence-electron chi connectivity index (χ3n) is 4.14. The fourth-order valence-corrected chi connectivity index (χ4v) is 3.06. The van der Waals surface area contributed by atoms with Crippen LogP contribution < -0.4 is 14.6 Å². The number of hydrogen-bond acceptors (Lipinski definition) is 6. The third-order valence-corrected chi connectivity index (χ3v) is 4.14. The normalized spacial score (nSPS) is 11.3. The highest BCUT2D eigenvalue weighted by molar-refractivity contribution is 6.07. The number of carboxylic acids is 1. The maximum atomic E-state index is 11.2. The Bertz CT molecular complexity index is 1130. The second-order valence-corrected chi connectivity index (χ2v) is 5.57. The van der Waals surface area contributed by atoms with E-state index >= 15 is 0 Å². The van der Waals surface area contributed by atoms with Crippen LogP contribution in [-0.2, 0) is 11.3 Å². The molecular weight excluding hydrogens is 322 g/mol. The van der Waals surface area contributed by atoms with Gasteiger partial charge in [-0.15, -0.1) is 0 Å². The van der Waals surface area contributed by atoms with E-state index in [0.717, 1.165) is 10.9 Å². The van der Waals surface area contributed by atoms with Crippen molar-refractivity contribution in [2.45, 2.75) is 6.54 Å². The Labute approximate surface area is 142 Å². The van der Waals surface area contributed by atoms with Gasteiger partial charge in [-0.05, 0) is 6.07 Å². The van der Waals surface area contributed by atoms with E-state index in [1.165, 1.54) is 0 Å². The van der Waals surface area contributed by atoms with Crippen molar-refractivity contribution in [3.8, 4) is 11.5 Å². The zero-order chi connectivity index (χ0) is 17.6. The first-order valence-corrected chi connectivity index (χ1v) is 7.63. The SMILES string of the molecule is COc1cc2nc3c4ccccc4n(CC(=O)[O-])c3nc2cc1OC. The molecule has 0 saturated carbocycles. The smallest absolute Gasteiger partial charge is 0.163 e. The van der Waals surface area contributed by atoms with Gasteiger partial charge in [0.1, 0.15) is 5.52 Å². The predicted molar refractivity (Wildman–Crippen MR) is 90.7 cm³/mol. The van der Waals surface area contributed by atoms with Crippen LogP contribution >= 0.6 is 0 Å². The molecule has 0 aliphatic heterocycles. The fraction of sp³-hybridized carbons (Fsp3) is 0.167. The molecule has 0 atom stereocenters. The van der Waals surface area contributed by atoms with E-state index in [4.69, 9.17) is 9.47 Å². The molecule has 7 heteroatoms. The Morgan fingerprint density at radius 1 is 1.08 bits per heavy atom.